The van der Waals surface area contributed by atoms with Gasteiger partial charge in [-0.05, 0) is 48.7 Å². The monoisotopic (exact) mass is 322 g/mol. The van der Waals surface area contributed by atoms with Crippen LogP contribution in [0.2, 0.25) is 0 Å². The number of halogens is 1. The van der Waals surface area contributed by atoms with Gasteiger partial charge in [-0.3, -0.25) is 4.79 Å². The highest BCUT2D eigenvalue weighted by Gasteiger charge is 2.09. The number of rotatable bonds is 4. The summed E-state index contributed by atoms with van der Waals surface area (Å²) < 4.78 is 1.12. The molecule has 0 N–H and O–H groups in total. The number of benzene rings is 1. The number of carbonyl (C=O) groups excluding carboxylic acids is 1. The Morgan fingerprint density at radius 3 is 2.72 bits per heavy atom. The first-order valence-corrected chi connectivity index (χ1v) is 7.62. The van der Waals surface area contributed by atoms with Gasteiger partial charge in [0.25, 0.3) is 0 Å². The van der Waals surface area contributed by atoms with Crippen LogP contribution in [-0.4, -0.2) is 5.78 Å². The Morgan fingerprint density at radius 2 is 2.06 bits per heavy atom. The van der Waals surface area contributed by atoms with Crippen LogP contribution in [0.25, 0.3) is 10.4 Å². The SMILES string of the molecule is CCCC(=O)c1ccc(-c2ccc(Br)c(C)c2)s1. The van der Waals surface area contributed by atoms with Gasteiger partial charge in [0.1, 0.15) is 0 Å². The summed E-state index contributed by atoms with van der Waals surface area (Å²) in [6.45, 7) is 4.11. The van der Waals surface area contributed by atoms with Gasteiger partial charge in [-0.25, -0.2) is 0 Å². The molecule has 1 heterocycles. The van der Waals surface area contributed by atoms with E-state index in [1.165, 1.54) is 11.1 Å². The molecule has 0 bridgehead atoms. The van der Waals surface area contributed by atoms with E-state index in [1.807, 2.05) is 19.1 Å². The number of hydrogen-bond acceptors (Lipinski definition) is 2. The molecule has 0 saturated carbocycles. The lowest BCUT2D eigenvalue weighted by Gasteiger charge is -2.01. The average Bonchev–Trinajstić information content (AvgIpc) is 2.82. The minimum Gasteiger partial charge on any atom is -0.293 e. The van der Waals surface area contributed by atoms with Gasteiger partial charge in [-0.15, -0.1) is 11.3 Å². The molecule has 1 nitrogen and oxygen atoms in total. The highest BCUT2D eigenvalue weighted by atomic mass is 79.9. The maximum Gasteiger partial charge on any atom is 0.172 e. The summed E-state index contributed by atoms with van der Waals surface area (Å²) in [7, 11) is 0. The smallest absolute Gasteiger partial charge is 0.172 e. The zero-order chi connectivity index (χ0) is 13.1. The fourth-order valence-corrected chi connectivity index (χ4v) is 3.01. The van der Waals surface area contributed by atoms with Crippen LogP contribution in [0.1, 0.15) is 35.0 Å². The molecule has 0 spiro atoms. The van der Waals surface area contributed by atoms with E-state index < -0.39 is 0 Å². The van der Waals surface area contributed by atoms with Crippen molar-refractivity contribution in [2.75, 3.05) is 0 Å². The van der Waals surface area contributed by atoms with E-state index in [0.717, 1.165) is 20.6 Å². The lowest BCUT2D eigenvalue weighted by molar-refractivity contribution is 0.0985. The van der Waals surface area contributed by atoms with Crippen molar-refractivity contribution in [2.24, 2.45) is 0 Å². The molecule has 0 fully saturated rings. The zero-order valence-corrected chi connectivity index (χ0v) is 12.9. The predicted octanol–water partition coefficient (Wildman–Crippen LogP) is 5.47. The van der Waals surface area contributed by atoms with Crippen molar-refractivity contribution in [2.45, 2.75) is 26.7 Å². The first-order chi connectivity index (χ1) is 8.61. The standard InChI is InChI=1S/C15H15BrOS/c1-3-4-13(17)15-8-7-14(18-15)11-5-6-12(16)10(2)9-11/h5-9H,3-4H2,1-2H3. The van der Waals surface area contributed by atoms with Gasteiger partial charge < -0.3 is 0 Å². The van der Waals surface area contributed by atoms with E-state index in [1.54, 1.807) is 11.3 Å². The van der Waals surface area contributed by atoms with Gasteiger partial charge in [0, 0.05) is 15.8 Å². The Balaban J connectivity index is 2.29. The average molecular weight is 323 g/mol. The number of thiophene rings is 1. The minimum absolute atomic E-state index is 0.252. The summed E-state index contributed by atoms with van der Waals surface area (Å²) in [6.07, 6.45) is 1.54. The molecule has 2 aromatic rings. The third-order valence-electron chi connectivity index (χ3n) is 2.80. The van der Waals surface area contributed by atoms with Crippen LogP contribution in [0.5, 0.6) is 0 Å². The van der Waals surface area contributed by atoms with Crippen molar-refractivity contribution in [1.29, 1.82) is 0 Å². The quantitative estimate of drug-likeness (QED) is 0.682. The van der Waals surface area contributed by atoms with Gasteiger partial charge in [-0.1, -0.05) is 28.9 Å². The van der Waals surface area contributed by atoms with E-state index >= 15 is 0 Å². The molecule has 0 amide bonds. The van der Waals surface area contributed by atoms with Crippen LogP contribution < -0.4 is 0 Å². The normalized spacial score (nSPS) is 10.6. The summed E-state index contributed by atoms with van der Waals surface area (Å²) >= 11 is 5.08. The van der Waals surface area contributed by atoms with E-state index in [-0.39, 0.29) is 5.78 Å². The molecule has 2 rings (SSSR count). The number of aryl methyl sites for hydroxylation is 1. The molecule has 18 heavy (non-hydrogen) atoms. The molecule has 94 valence electrons. The van der Waals surface area contributed by atoms with Crippen molar-refractivity contribution >= 4 is 33.0 Å². The molecule has 0 saturated heterocycles. The molecule has 1 aromatic carbocycles. The number of hydrogen-bond donors (Lipinski definition) is 0. The Hall–Kier alpha value is -0.930. The lowest BCUT2D eigenvalue weighted by atomic mass is 10.1. The highest BCUT2D eigenvalue weighted by molar-refractivity contribution is 9.10. The molecule has 0 radical (unpaired) electrons. The van der Waals surface area contributed by atoms with Crippen LogP contribution in [0.4, 0.5) is 0 Å². The van der Waals surface area contributed by atoms with E-state index in [4.69, 9.17) is 0 Å². The summed E-state index contributed by atoms with van der Waals surface area (Å²) in [4.78, 5) is 13.8. The maximum atomic E-state index is 11.8. The molecule has 0 atom stereocenters. The number of carbonyl (C=O) groups is 1. The largest absolute Gasteiger partial charge is 0.293 e. The second-order valence-electron chi connectivity index (χ2n) is 4.30. The fourth-order valence-electron chi connectivity index (χ4n) is 1.79. The maximum absolute atomic E-state index is 11.8. The third-order valence-corrected chi connectivity index (χ3v) is 4.87. The summed E-state index contributed by atoms with van der Waals surface area (Å²) in [5, 5.41) is 0. The van der Waals surface area contributed by atoms with Crippen molar-refractivity contribution in [3.8, 4) is 10.4 Å². The van der Waals surface area contributed by atoms with Crippen molar-refractivity contribution in [1.82, 2.24) is 0 Å². The fraction of sp³-hybridized carbons (Fsp3) is 0.267. The van der Waals surface area contributed by atoms with Crippen LogP contribution in [0.3, 0.4) is 0 Å². The second-order valence-corrected chi connectivity index (χ2v) is 6.24. The first-order valence-electron chi connectivity index (χ1n) is 6.01. The van der Waals surface area contributed by atoms with Crippen LogP contribution in [0, 0.1) is 6.92 Å². The summed E-state index contributed by atoms with van der Waals surface area (Å²) in [5.41, 5.74) is 2.39. The molecule has 0 aliphatic rings. The van der Waals surface area contributed by atoms with Crippen LogP contribution in [0.15, 0.2) is 34.8 Å². The number of ketones is 1. The molecular weight excluding hydrogens is 308 g/mol. The van der Waals surface area contributed by atoms with E-state index in [2.05, 4.69) is 41.1 Å². The van der Waals surface area contributed by atoms with Crippen molar-refractivity contribution in [3.05, 3.63) is 45.2 Å². The Labute approximate surface area is 120 Å². The molecular formula is C15H15BrOS. The summed E-state index contributed by atoms with van der Waals surface area (Å²) in [5.74, 6) is 0.252. The Bertz CT molecular complexity index is 572. The van der Waals surface area contributed by atoms with Gasteiger partial charge in [-0.2, -0.15) is 0 Å². The van der Waals surface area contributed by atoms with Gasteiger partial charge in [0.05, 0.1) is 4.88 Å². The molecule has 1 aromatic heterocycles. The minimum atomic E-state index is 0.252. The lowest BCUT2D eigenvalue weighted by Crippen LogP contribution is -1.93. The molecule has 0 unspecified atom stereocenters. The molecule has 0 aliphatic heterocycles. The first kappa shape index (κ1) is 13.5. The zero-order valence-electron chi connectivity index (χ0n) is 10.5. The molecule has 3 heteroatoms. The highest BCUT2D eigenvalue weighted by Crippen LogP contribution is 2.31. The van der Waals surface area contributed by atoms with Crippen LogP contribution >= 0.6 is 27.3 Å². The Morgan fingerprint density at radius 1 is 1.28 bits per heavy atom. The summed E-state index contributed by atoms with van der Waals surface area (Å²) in [6, 6.07) is 10.3. The predicted molar refractivity (Wildman–Crippen MR) is 81.4 cm³/mol. The van der Waals surface area contributed by atoms with E-state index in [9.17, 15) is 4.79 Å². The Kier molecular flexibility index (Phi) is 4.36. The van der Waals surface area contributed by atoms with Crippen molar-refractivity contribution in [3.63, 3.8) is 0 Å². The third kappa shape index (κ3) is 2.90. The van der Waals surface area contributed by atoms with Crippen LogP contribution in [-0.2, 0) is 0 Å². The van der Waals surface area contributed by atoms with Crippen molar-refractivity contribution < 1.29 is 4.79 Å². The van der Waals surface area contributed by atoms with Gasteiger partial charge in [0.15, 0.2) is 5.78 Å². The second kappa shape index (κ2) is 5.81. The van der Waals surface area contributed by atoms with E-state index in [0.29, 0.717) is 6.42 Å². The van der Waals surface area contributed by atoms with Gasteiger partial charge >= 0.3 is 0 Å². The topological polar surface area (TPSA) is 17.1 Å². The van der Waals surface area contributed by atoms with Gasteiger partial charge in [0.2, 0.25) is 0 Å². The molecule has 0 aliphatic carbocycles. The number of Topliss-reactive ketones (excluding diaryl/α,β-unsaturated/α-hetero) is 1.